The Morgan fingerprint density at radius 3 is 2.37 bits per heavy atom. The summed E-state index contributed by atoms with van der Waals surface area (Å²) in [6.45, 7) is 13.4. The summed E-state index contributed by atoms with van der Waals surface area (Å²) in [5.41, 5.74) is 5.76. The third-order valence-electron chi connectivity index (χ3n) is 7.79. The number of aliphatic hydroxyl groups excluding tert-OH is 2. The van der Waals surface area contributed by atoms with Crippen LogP contribution < -0.4 is 5.73 Å². The summed E-state index contributed by atoms with van der Waals surface area (Å²) in [7, 11) is 0. The molecule has 4 N–H and O–H groups in total. The Labute approximate surface area is 235 Å². The highest BCUT2D eigenvalue weighted by Crippen LogP contribution is 2.47. The highest BCUT2D eigenvalue weighted by molar-refractivity contribution is 7.83. The molecule has 1 saturated carbocycles. The summed E-state index contributed by atoms with van der Waals surface area (Å²) in [6, 6.07) is 0. The second kappa shape index (κ2) is 16.6. The number of thiol groups is 1. The number of Topliss-reactive ketones (excluding diaryl/α,β-unsaturated/α-hetero) is 1. The van der Waals surface area contributed by atoms with E-state index in [0.717, 1.165) is 31.3 Å². The van der Waals surface area contributed by atoms with Gasteiger partial charge in [0, 0.05) is 18.7 Å². The fourth-order valence-electron chi connectivity index (χ4n) is 5.04. The van der Waals surface area contributed by atoms with Gasteiger partial charge in [-0.05, 0) is 61.0 Å². The molecule has 0 bridgehead atoms. The van der Waals surface area contributed by atoms with Crippen molar-refractivity contribution < 1.29 is 24.5 Å². The van der Waals surface area contributed by atoms with Gasteiger partial charge in [-0.2, -0.15) is 0 Å². The number of aliphatic imine (C=N–C) groups is 1. The maximum atomic E-state index is 13.2. The quantitative estimate of drug-likeness (QED) is 0.164. The van der Waals surface area contributed by atoms with Crippen LogP contribution in [0, 0.1) is 29.1 Å². The standard InChI is InChI=1S/C27H44N2O5S.C3H8/c1-16-7-6-8-19-12-20(19)13-22(17(2)11-21(15-35)29-10-9-28)34-24(31)14-23(30)27(4,5)26(33)18(3)25(16)32;1-3-2/h10-11,15-16,18-20,22-23,25,30,32,35H,6-9,12-14,28H2,1-5H3;3H2,1-2H3/b17-11+,21-15-,29-10?;/t16-,18+,19-,20-,22-,23-,25-;/m0./s1. The van der Waals surface area contributed by atoms with Gasteiger partial charge in [-0.1, -0.05) is 60.8 Å². The average Bonchev–Trinajstić information content (AvgIpc) is 3.61. The number of aliphatic hydroxyl groups is 2. The van der Waals surface area contributed by atoms with Crippen molar-refractivity contribution in [1.82, 2.24) is 0 Å². The van der Waals surface area contributed by atoms with Gasteiger partial charge >= 0.3 is 5.97 Å². The fourth-order valence-corrected chi connectivity index (χ4v) is 5.18. The molecule has 0 unspecified atom stereocenters. The topological polar surface area (TPSA) is 122 Å². The van der Waals surface area contributed by atoms with Gasteiger partial charge in [0.15, 0.2) is 0 Å². The van der Waals surface area contributed by atoms with E-state index in [9.17, 15) is 19.8 Å². The molecule has 1 heterocycles. The lowest BCUT2D eigenvalue weighted by atomic mass is 9.73. The number of ketones is 1. The molecule has 2 fully saturated rings. The third-order valence-corrected chi connectivity index (χ3v) is 8.06. The van der Waals surface area contributed by atoms with Crippen LogP contribution in [0.25, 0.3) is 0 Å². The molecule has 1 saturated heterocycles. The summed E-state index contributed by atoms with van der Waals surface area (Å²) in [4.78, 5) is 30.4. The molecular weight excluding hydrogens is 500 g/mol. The number of carbonyl (C=O) groups is 2. The minimum absolute atomic E-state index is 0.0181. The van der Waals surface area contributed by atoms with Crippen LogP contribution in [0.1, 0.15) is 93.4 Å². The van der Waals surface area contributed by atoms with Gasteiger partial charge in [0.05, 0.1) is 29.7 Å². The van der Waals surface area contributed by atoms with E-state index in [2.05, 4.69) is 31.5 Å². The molecule has 7 atom stereocenters. The van der Waals surface area contributed by atoms with Crippen molar-refractivity contribution in [3.63, 3.8) is 0 Å². The fraction of sp³-hybridized carbons (Fsp3) is 0.767. The van der Waals surface area contributed by atoms with Crippen LogP contribution in [0.4, 0.5) is 0 Å². The molecule has 0 aromatic carbocycles. The first-order valence-electron chi connectivity index (χ1n) is 14.2. The third kappa shape index (κ3) is 10.6. The highest BCUT2D eigenvalue weighted by Gasteiger charge is 2.43. The van der Waals surface area contributed by atoms with E-state index >= 15 is 0 Å². The number of fused-ring (bicyclic) bond motifs is 1. The predicted octanol–water partition coefficient (Wildman–Crippen LogP) is 5.25. The first-order valence-corrected chi connectivity index (χ1v) is 14.7. The molecule has 0 aromatic heterocycles. The van der Waals surface area contributed by atoms with Crippen molar-refractivity contribution in [3.05, 3.63) is 22.8 Å². The van der Waals surface area contributed by atoms with Gasteiger partial charge in [0.2, 0.25) is 0 Å². The number of nitrogens with zero attached hydrogens (tertiary/aromatic N) is 1. The van der Waals surface area contributed by atoms with Gasteiger partial charge < -0.3 is 20.7 Å². The Morgan fingerprint density at radius 2 is 1.79 bits per heavy atom. The summed E-state index contributed by atoms with van der Waals surface area (Å²) >= 11 is 4.22. The van der Waals surface area contributed by atoms with Crippen LogP contribution in [-0.4, -0.2) is 53.0 Å². The molecule has 1 aliphatic heterocycles. The van der Waals surface area contributed by atoms with Crippen molar-refractivity contribution in [2.24, 2.45) is 39.8 Å². The molecule has 0 aromatic rings. The molecule has 8 heteroatoms. The number of carbonyl (C=O) groups excluding carboxylic acids is 2. The average molecular weight is 553 g/mol. The molecule has 0 amide bonds. The van der Waals surface area contributed by atoms with Gasteiger partial charge in [-0.3, -0.25) is 14.6 Å². The zero-order valence-electron chi connectivity index (χ0n) is 24.5. The number of esters is 1. The summed E-state index contributed by atoms with van der Waals surface area (Å²) < 4.78 is 5.87. The minimum atomic E-state index is -1.22. The second-order valence-electron chi connectivity index (χ2n) is 11.7. The molecule has 0 spiro atoms. The number of rotatable bonds is 4. The maximum Gasteiger partial charge on any atom is 0.309 e. The number of hydrogen-bond acceptors (Lipinski definition) is 8. The van der Waals surface area contributed by atoms with Crippen molar-refractivity contribution in [3.8, 4) is 0 Å². The molecule has 218 valence electrons. The molecule has 38 heavy (non-hydrogen) atoms. The van der Waals surface area contributed by atoms with Crippen LogP contribution in [0.5, 0.6) is 0 Å². The number of nitrogens with two attached hydrogens (primary N) is 1. The largest absolute Gasteiger partial charge is 0.458 e. The van der Waals surface area contributed by atoms with Crippen molar-refractivity contribution in [2.75, 3.05) is 6.54 Å². The first kappa shape index (κ1) is 34.5. The lowest BCUT2D eigenvalue weighted by Crippen LogP contribution is -2.45. The molecule has 0 radical (unpaired) electrons. The van der Waals surface area contributed by atoms with Gasteiger partial charge in [-0.15, -0.1) is 12.6 Å². The first-order chi connectivity index (χ1) is 17.8. The van der Waals surface area contributed by atoms with E-state index in [4.69, 9.17) is 10.5 Å². The van der Waals surface area contributed by atoms with E-state index in [-0.39, 0.29) is 18.1 Å². The molecular formula is C30H52N2O5S. The Kier molecular flexibility index (Phi) is 15.1. The van der Waals surface area contributed by atoms with Crippen molar-refractivity contribution in [1.29, 1.82) is 0 Å². The van der Waals surface area contributed by atoms with E-state index in [0.29, 0.717) is 30.5 Å². The van der Waals surface area contributed by atoms with E-state index in [1.54, 1.807) is 32.4 Å². The van der Waals surface area contributed by atoms with Crippen molar-refractivity contribution >= 4 is 30.6 Å². The van der Waals surface area contributed by atoms with Crippen LogP contribution in [-0.2, 0) is 14.3 Å². The molecule has 1 aliphatic carbocycles. The Hall–Kier alpha value is -1.48. The molecule has 2 rings (SSSR count). The molecule has 2 aliphatic rings. The maximum absolute atomic E-state index is 13.2. The summed E-state index contributed by atoms with van der Waals surface area (Å²) in [5, 5.41) is 23.2. The number of hydrogen-bond donors (Lipinski definition) is 4. The second-order valence-corrected chi connectivity index (χ2v) is 11.9. The van der Waals surface area contributed by atoms with Gasteiger partial charge in [0.25, 0.3) is 0 Å². The van der Waals surface area contributed by atoms with Gasteiger partial charge in [0.1, 0.15) is 11.9 Å². The van der Waals surface area contributed by atoms with E-state index in [1.807, 2.05) is 19.9 Å². The van der Waals surface area contributed by atoms with E-state index < -0.39 is 35.6 Å². The smallest absolute Gasteiger partial charge is 0.309 e. The van der Waals surface area contributed by atoms with Crippen molar-refractivity contribution in [2.45, 2.75) is 112 Å². The van der Waals surface area contributed by atoms with Crippen LogP contribution >= 0.6 is 12.6 Å². The predicted molar refractivity (Wildman–Crippen MR) is 158 cm³/mol. The number of cyclic esters (lactones) is 1. The van der Waals surface area contributed by atoms with Crippen LogP contribution in [0.15, 0.2) is 27.7 Å². The Balaban J connectivity index is 0.00000229. The SMILES string of the molecule is C/C(=C\C(=C\S)N=CCN)[C@@H]1C[C@@H]2C[C@@H]2CCC[C@H](C)[C@H](O)[C@@H](C)C(=O)C(C)(C)[C@@H](O)CC(=O)O1.CCC. The van der Waals surface area contributed by atoms with Crippen LogP contribution in [0.2, 0.25) is 0 Å². The Bertz CT molecular complexity index is 854. The lowest BCUT2D eigenvalue weighted by Gasteiger charge is -2.34. The summed E-state index contributed by atoms with van der Waals surface area (Å²) in [6.07, 6.45) is 6.59. The highest BCUT2D eigenvalue weighted by atomic mass is 32.1. The van der Waals surface area contributed by atoms with Crippen LogP contribution in [0.3, 0.4) is 0 Å². The monoisotopic (exact) mass is 552 g/mol. The van der Waals surface area contributed by atoms with Gasteiger partial charge in [-0.25, -0.2) is 0 Å². The Morgan fingerprint density at radius 1 is 1.16 bits per heavy atom. The summed E-state index contributed by atoms with van der Waals surface area (Å²) in [5.74, 6) is -0.424. The normalized spacial score (nSPS) is 33.7. The zero-order chi connectivity index (χ0) is 29.0. The number of ether oxygens (including phenoxy) is 1. The lowest BCUT2D eigenvalue weighted by molar-refractivity contribution is -0.154. The number of allylic oxidation sites excluding steroid dienone is 1. The molecule has 7 nitrogen and oxygen atoms in total. The van der Waals surface area contributed by atoms with E-state index in [1.165, 1.54) is 6.42 Å². The zero-order valence-corrected chi connectivity index (χ0v) is 25.4. The minimum Gasteiger partial charge on any atom is -0.458 e.